The highest BCUT2D eigenvalue weighted by molar-refractivity contribution is 4.88. The molecule has 1 unspecified atom stereocenters. The predicted molar refractivity (Wildman–Crippen MR) is 78.9 cm³/mol. The Bertz CT molecular complexity index is 223. The maximum absolute atomic E-state index is 3.52. The highest BCUT2D eigenvalue weighted by Gasteiger charge is 2.35. The summed E-state index contributed by atoms with van der Waals surface area (Å²) in [7, 11) is 0. The Labute approximate surface area is 114 Å². The summed E-state index contributed by atoms with van der Waals surface area (Å²) in [6, 6.07) is 0.681. The van der Waals surface area contributed by atoms with Crippen LogP contribution in [0.1, 0.15) is 65.2 Å². The summed E-state index contributed by atoms with van der Waals surface area (Å²) in [5, 5.41) is 3.52. The van der Waals surface area contributed by atoms with Gasteiger partial charge in [0.1, 0.15) is 0 Å². The lowest BCUT2D eigenvalue weighted by atomic mass is 9.68. The highest BCUT2D eigenvalue weighted by atomic mass is 15.1. The number of hydrogen-bond donors (Lipinski definition) is 1. The summed E-state index contributed by atoms with van der Waals surface area (Å²) in [4.78, 5) is 2.70. The van der Waals surface area contributed by atoms with Gasteiger partial charge >= 0.3 is 0 Å². The van der Waals surface area contributed by atoms with Gasteiger partial charge in [-0.15, -0.1) is 0 Å². The lowest BCUT2D eigenvalue weighted by Gasteiger charge is -2.44. The van der Waals surface area contributed by atoms with Crippen molar-refractivity contribution in [2.75, 3.05) is 26.2 Å². The summed E-state index contributed by atoms with van der Waals surface area (Å²) in [6.45, 7) is 9.63. The molecule has 0 aromatic rings. The van der Waals surface area contributed by atoms with E-state index in [-0.39, 0.29) is 0 Å². The molecular formula is C16H32N2. The number of nitrogens with one attached hydrogen (secondary N) is 1. The number of likely N-dealkylation sites (tertiary alicyclic amines) is 1. The molecule has 1 atom stereocenters. The molecule has 106 valence electrons. The lowest BCUT2D eigenvalue weighted by molar-refractivity contribution is 0.0661. The Hall–Kier alpha value is -0.0800. The number of rotatable bonds is 5. The second kappa shape index (κ2) is 6.91. The van der Waals surface area contributed by atoms with E-state index in [1.807, 2.05) is 0 Å². The molecule has 0 amide bonds. The quantitative estimate of drug-likeness (QED) is 0.806. The fraction of sp³-hybridized carbons (Fsp3) is 1.00. The van der Waals surface area contributed by atoms with Crippen molar-refractivity contribution in [3.8, 4) is 0 Å². The topological polar surface area (TPSA) is 15.3 Å². The molecule has 1 saturated carbocycles. The summed E-state index contributed by atoms with van der Waals surface area (Å²) in [5.41, 5.74) is 0.766. The largest absolute Gasteiger partial charge is 0.314 e. The van der Waals surface area contributed by atoms with Crippen LogP contribution in [0.25, 0.3) is 0 Å². The first-order valence-corrected chi connectivity index (χ1v) is 8.20. The molecule has 0 aromatic heterocycles. The van der Waals surface area contributed by atoms with Gasteiger partial charge in [0.2, 0.25) is 0 Å². The van der Waals surface area contributed by atoms with Gasteiger partial charge in [-0.05, 0) is 70.6 Å². The molecule has 2 fully saturated rings. The van der Waals surface area contributed by atoms with Gasteiger partial charge in [0.05, 0.1) is 0 Å². The third kappa shape index (κ3) is 3.96. The molecule has 1 aliphatic carbocycles. The molecule has 2 aliphatic rings. The second-order valence-corrected chi connectivity index (χ2v) is 6.65. The van der Waals surface area contributed by atoms with Crippen molar-refractivity contribution in [1.29, 1.82) is 0 Å². The van der Waals surface area contributed by atoms with Crippen LogP contribution >= 0.6 is 0 Å². The first kappa shape index (κ1) is 14.3. The van der Waals surface area contributed by atoms with E-state index in [4.69, 9.17) is 0 Å². The van der Waals surface area contributed by atoms with E-state index in [1.165, 1.54) is 71.0 Å². The molecule has 1 aliphatic heterocycles. The van der Waals surface area contributed by atoms with Crippen LogP contribution in [-0.2, 0) is 0 Å². The minimum absolute atomic E-state index is 0.681. The van der Waals surface area contributed by atoms with Crippen molar-refractivity contribution < 1.29 is 0 Å². The van der Waals surface area contributed by atoms with Crippen LogP contribution in [0.15, 0.2) is 0 Å². The molecule has 2 heteroatoms. The van der Waals surface area contributed by atoms with Crippen LogP contribution in [0.2, 0.25) is 0 Å². The standard InChI is InChI=1S/C16H32N2/c1-3-17-15(2)7-12-18-13-10-16(11-14-18)8-5-4-6-9-16/h15,17H,3-14H2,1-2H3. The van der Waals surface area contributed by atoms with Crippen molar-refractivity contribution in [2.24, 2.45) is 5.41 Å². The van der Waals surface area contributed by atoms with E-state index in [0.29, 0.717) is 6.04 Å². The number of piperidine rings is 1. The van der Waals surface area contributed by atoms with Crippen molar-refractivity contribution in [1.82, 2.24) is 10.2 Å². The first-order valence-electron chi connectivity index (χ1n) is 8.20. The lowest BCUT2D eigenvalue weighted by Crippen LogP contribution is -2.42. The molecule has 1 spiro atoms. The van der Waals surface area contributed by atoms with Crippen LogP contribution in [0.4, 0.5) is 0 Å². The zero-order valence-electron chi connectivity index (χ0n) is 12.5. The Balaban J connectivity index is 1.66. The fourth-order valence-electron chi connectivity index (χ4n) is 3.88. The first-order chi connectivity index (χ1) is 8.74. The molecule has 2 rings (SSSR count). The number of nitrogens with zero attached hydrogens (tertiary/aromatic N) is 1. The third-order valence-corrected chi connectivity index (χ3v) is 5.26. The molecule has 0 radical (unpaired) electrons. The third-order valence-electron chi connectivity index (χ3n) is 5.26. The zero-order chi connectivity index (χ0) is 12.8. The van der Waals surface area contributed by atoms with Crippen LogP contribution in [0.3, 0.4) is 0 Å². The molecule has 0 bridgehead atoms. The Morgan fingerprint density at radius 3 is 2.33 bits per heavy atom. The van der Waals surface area contributed by atoms with Crippen molar-refractivity contribution in [2.45, 2.75) is 71.3 Å². The Kier molecular flexibility index (Phi) is 5.50. The van der Waals surface area contributed by atoms with Crippen LogP contribution < -0.4 is 5.32 Å². The Morgan fingerprint density at radius 2 is 1.72 bits per heavy atom. The van der Waals surface area contributed by atoms with Gasteiger partial charge in [-0.1, -0.05) is 26.2 Å². The molecule has 1 saturated heterocycles. The highest BCUT2D eigenvalue weighted by Crippen LogP contribution is 2.44. The van der Waals surface area contributed by atoms with Gasteiger partial charge in [0.25, 0.3) is 0 Å². The van der Waals surface area contributed by atoms with Crippen molar-refractivity contribution >= 4 is 0 Å². The van der Waals surface area contributed by atoms with Gasteiger partial charge in [0.15, 0.2) is 0 Å². The fourth-order valence-corrected chi connectivity index (χ4v) is 3.88. The van der Waals surface area contributed by atoms with Crippen molar-refractivity contribution in [3.05, 3.63) is 0 Å². The maximum Gasteiger partial charge on any atom is 0.00507 e. The Morgan fingerprint density at radius 1 is 1.06 bits per heavy atom. The van der Waals surface area contributed by atoms with Crippen LogP contribution in [0, 0.1) is 5.41 Å². The summed E-state index contributed by atoms with van der Waals surface area (Å²) >= 11 is 0. The summed E-state index contributed by atoms with van der Waals surface area (Å²) in [6.07, 6.45) is 11.8. The van der Waals surface area contributed by atoms with Crippen molar-refractivity contribution in [3.63, 3.8) is 0 Å². The van der Waals surface area contributed by atoms with E-state index in [0.717, 1.165) is 12.0 Å². The molecule has 0 aromatic carbocycles. The molecule has 2 nitrogen and oxygen atoms in total. The average molecular weight is 252 g/mol. The van der Waals surface area contributed by atoms with Gasteiger partial charge in [-0.25, -0.2) is 0 Å². The van der Waals surface area contributed by atoms with E-state index < -0.39 is 0 Å². The van der Waals surface area contributed by atoms with E-state index in [9.17, 15) is 0 Å². The SMILES string of the molecule is CCNC(C)CCN1CCC2(CCCCC2)CC1. The maximum atomic E-state index is 3.52. The van der Waals surface area contributed by atoms with Gasteiger partial charge < -0.3 is 10.2 Å². The summed E-state index contributed by atoms with van der Waals surface area (Å²) < 4.78 is 0. The monoisotopic (exact) mass is 252 g/mol. The molecular weight excluding hydrogens is 220 g/mol. The normalized spacial score (nSPS) is 26.3. The molecule has 1 N–H and O–H groups in total. The second-order valence-electron chi connectivity index (χ2n) is 6.65. The molecule has 18 heavy (non-hydrogen) atoms. The number of hydrogen-bond acceptors (Lipinski definition) is 2. The average Bonchev–Trinajstić information content (AvgIpc) is 2.40. The van der Waals surface area contributed by atoms with E-state index >= 15 is 0 Å². The van der Waals surface area contributed by atoms with Gasteiger partial charge in [-0.3, -0.25) is 0 Å². The summed E-state index contributed by atoms with van der Waals surface area (Å²) in [5.74, 6) is 0. The van der Waals surface area contributed by atoms with Crippen LogP contribution in [0.5, 0.6) is 0 Å². The van der Waals surface area contributed by atoms with E-state index in [2.05, 4.69) is 24.1 Å². The predicted octanol–water partition coefficient (Wildman–Crippen LogP) is 3.42. The minimum Gasteiger partial charge on any atom is -0.314 e. The van der Waals surface area contributed by atoms with E-state index in [1.54, 1.807) is 0 Å². The minimum atomic E-state index is 0.681. The van der Waals surface area contributed by atoms with Gasteiger partial charge in [0, 0.05) is 6.04 Å². The smallest absolute Gasteiger partial charge is 0.00507 e. The van der Waals surface area contributed by atoms with Crippen LogP contribution in [-0.4, -0.2) is 37.1 Å². The zero-order valence-corrected chi connectivity index (χ0v) is 12.5. The molecule has 1 heterocycles. The van der Waals surface area contributed by atoms with Gasteiger partial charge in [-0.2, -0.15) is 0 Å².